The number of aromatic amines is 2. The van der Waals surface area contributed by atoms with E-state index in [-0.39, 0.29) is 12.3 Å². The summed E-state index contributed by atoms with van der Waals surface area (Å²) in [6.45, 7) is 3.08. The molecule has 0 aliphatic carbocycles. The summed E-state index contributed by atoms with van der Waals surface area (Å²) in [4.78, 5) is 16.9. The summed E-state index contributed by atoms with van der Waals surface area (Å²) in [6.07, 6.45) is 0. The van der Waals surface area contributed by atoms with Crippen LogP contribution < -0.4 is 20.5 Å². The largest absolute Gasteiger partial charge is 0.490 e. The van der Waals surface area contributed by atoms with Gasteiger partial charge in [-0.25, -0.2) is 4.79 Å². The second-order valence-corrected chi connectivity index (χ2v) is 8.31. The van der Waals surface area contributed by atoms with Gasteiger partial charge in [0.25, 0.3) is 0 Å². The average Bonchev–Trinajstić information content (AvgIpc) is 3.12. The van der Waals surface area contributed by atoms with Crippen molar-refractivity contribution in [2.45, 2.75) is 20.1 Å². The summed E-state index contributed by atoms with van der Waals surface area (Å²) < 4.78 is 11.7. The number of hydrogen-bond donors (Lipinski definition) is 3. The first kappa shape index (κ1) is 22.4. The number of aromatic nitrogens is 2. The molecular formula is C23H20Cl3N3O3. The van der Waals surface area contributed by atoms with Crippen LogP contribution in [0.5, 0.6) is 11.5 Å². The summed E-state index contributed by atoms with van der Waals surface area (Å²) in [6, 6.07) is 14.5. The molecule has 0 amide bonds. The second kappa shape index (κ2) is 9.77. The van der Waals surface area contributed by atoms with Crippen LogP contribution in [-0.2, 0) is 13.2 Å². The van der Waals surface area contributed by atoms with E-state index < -0.39 is 0 Å². The Morgan fingerprint density at radius 2 is 1.72 bits per heavy atom. The maximum Gasteiger partial charge on any atom is 0.323 e. The molecule has 0 saturated carbocycles. The van der Waals surface area contributed by atoms with Gasteiger partial charge in [-0.3, -0.25) is 0 Å². The highest BCUT2D eigenvalue weighted by molar-refractivity contribution is 6.35. The Kier molecular flexibility index (Phi) is 6.84. The third kappa shape index (κ3) is 5.15. The van der Waals surface area contributed by atoms with E-state index in [0.717, 1.165) is 27.8 Å². The zero-order chi connectivity index (χ0) is 22.7. The minimum atomic E-state index is -0.235. The van der Waals surface area contributed by atoms with E-state index in [9.17, 15) is 4.79 Å². The maximum atomic E-state index is 11.4. The van der Waals surface area contributed by atoms with Crippen molar-refractivity contribution < 1.29 is 9.47 Å². The van der Waals surface area contributed by atoms with E-state index in [1.807, 2.05) is 43.3 Å². The molecule has 4 rings (SSSR count). The fraction of sp³-hybridized carbons (Fsp3) is 0.174. The van der Waals surface area contributed by atoms with Crippen LogP contribution in [0.25, 0.3) is 11.0 Å². The number of fused-ring (bicyclic) bond motifs is 1. The topological polar surface area (TPSA) is 79.1 Å². The highest BCUT2D eigenvalue weighted by Crippen LogP contribution is 2.38. The molecule has 6 nitrogen and oxygen atoms in total. The Balaban J connectivity index is 1.51. The van der Waals surface area contributed by atoms with E-state index in [0.29, 0.717) is 39.7 Å². The first-order valence-corrected chi connectivity index (χ1v) is 11.0. The van der Waals surface area contributed by atoms with E-state index >= 15 is 0 Å². The zero-order valence-corrected chi connectivity index (χ0v) is 19.4. The Hall–Kier alpha value is -2.80. The minimum Gasteiger partial charge on any atom is -0.490 e. The Morgan fingerprint density at radius 1 is 0.906 bits per heavy atom. The minimum absolute atomic E-state index is 0.224. The molecule has 3 N–H and O–H groups in total. The van der Waals surface area contributed by atoms with E-state index in [2.05, 4.69) is 15.3 Å². The van der Waals surface area contributed by atoms with Crippen molar-refractivity contribution in [3.63, 3.8) is 0 Å². The maximum absolute atomic E-state index is 11.4. The Labute approximate surface area is 199 Å². The van der Waals surface area contributed by atoms with Crippen molar-refractivity contribution in [2.24, 2.45) is 0 Å². The fourth-order valence-corrected chi connectivity index (χ4v) is 4.01. The fourth-order valence-electron chi connectivity index (χ4n) is 3.26. The van der Waals surface area contributed by atoms with Gasteiger partial charge in [-0.2, -0.15) is 0 Å². The summed E-state index contributed by atoms with van der Waals surface area (Å²) in [5, 5.41) is 4.84. The molecule has 0 spiro atoms. The van der Waals surface area contributed by atoms with Gasteiger partial charge < -0.3 is 24.8 Å². The number of imidazole rings is 1. The van der Waals surface area contributed by atoms with Crippen LogP contribution in [0.15, 0.2) is 53.3 Å². The SMILES string of the molecule is CCOc1cc(CNc2ccc3[nH]c(=O)[nH]c3c2)cc(Cl)c1OCc1ccc(Cl)cc1Cl. The summed E-state index contributed by atoms with van der Waals surface area (Å²) in [7, 11) is 0. The van der Waals surface area contributed by atoms with E-state index in [1.54, 1.807) is 12.1 Å². The molecule has 0 aliphatic heterocycles. The molecule has 9 heteroatoms. The van der Waals surface area contributed by atoms with Crippen molar-refractivity contribution >= 4 is 51.5 Å². The van der Waals surface area contributed by atoms with E-state index in [1.165, 1.54) is 0 Å². The van der Waals surface area contributed by atoms with Crippen molar-refractivity contribution in [2.75, 3.05) is 11.9 Å². The smallest absolute Gasteiger partial charge is 0.323 e. The lowest BCUT2D eigenvalue weighted by molar-refractivity contribution is 0.269. The summed E-state index contributed by atoms with van der Waals surface area (Å²) in [5.41, 5.74) is 3.82. The van der Waals surface area contributed by atoms with Crippen molar-refractivity contribution in [1.29, 1.82) is 0 Å². The lowest BCUT2D eigenvalue weighted by Gasteiger charge is -2.16. The van der Waals surface area contributed by atoms with Crippen LogP contribution in [0.3, 0.4) is 0 Å². The number of anilines is 1. The van der Waals surface area contributed by atoms with Gasteiger partial charge in [-0.05, 0) is 55.0 Å². The van der Waals surface area contributed by atoms with Gasteiger partial charge in [-0.1, -0.05) is 40.9 Å². The van der Waals surface area contributed by atoms with E-state index in [4.69, 9.17) is 44.3 Å². The predicted molar refractivity (Wildman–Crippen MR) is 130 cm³/mol. The number of rotatable bonds is 8. The standard InChI is InChI=1S/C23H20Cl3N3O3/c1-2-31-21-8-13(11-27-16-5-6-19-20(10-16)29-23(30)28-19)7-18(26)22(21)32-12-14-3-4-15(24)9-17(14)25/h3-10,27H,2,11-12H2,1H3,(H2,28,29,30). The first-order valence-electron chi connectivity index (χ1n) is 9.91. The van der Waals surface area contributed by atoms with Gasteiger partial charge in [0.05, 0.1) is 22.7 Å². The van der Waals surface area contributed by atoms with Crippen molar-refractivity contribution in [1.82, 2.24) is 9.97 Å². The number of nitrogens with one attached hydrogen (secondary N) is 3. The Bertz CT molecular complexity index is 1320. The first-order chi connectivity index (χ1) is 15.4. The van der Waals surface area contributed by atoms with Gasteiger partial charge in [-0.15, -0.1) is 0 Å². The van der Waals surface area contributed by atoms with Gasteiger partial charge in [0.1, 0.15) is 6.61 Å². The molecule has 0 atom stereocenters. The van der Waals surface area contributed by atoms with Crippen molar-refractivity contribution in [3.05, 3.63) is 85.2 Å². The van der Waals surface area contributed by atoms with Crippen LogP contribution in [0.4, 0.5) is 5.69 Å². The Morgan fingerprint density at radius 3 is 2.50 bits per heavy atom. The molecule has 0 bridgehead atoms. The van der Waals surface area contributed by atoms with Crippen molar-refractivity contribution in [3.8, 4) is 11.5 Å². The monoisotopic (exact) mass is 491 g/mol. The van der Waals surface area contributed by atoms with Gasteiger partial charge in [0.15, 0.2) is 11.5 Å². The molecule has 0 aliphatic rings. The molecule has 4 aromatic rings. The van der Waals surface area contributed by atoms with Crippen LogP contribution in [0, 0.1) is 0 Å². The average molecular weight is 493 g/mol. The number of H-pyrrole nitrogens is 2. The van der Waals surface area contributed by atoms with Crippen LogP contribution in [-0.4, -0.2) is 16.6 Å². The molecule has 32 heavy (non-hydrogen) atoms. The molecular weight excluding hydrogens is 473 g/mol. The third-order valence-electron chi connectivity index (χ3n) is 4.77. The normalized spacial score (nSPS) is 11.0. The number of hydrogen-bond acceptors (Lipinski definition) is 4. The van der Waals surface area contributed by atoms with Crippen LogP contribution in [0.1, 0.15) is 18.1 Å². The molecule has 0 saturated heterocycles. The molecule has 166 valence electrons. The number of benzene rings is 3. The molecule has 1 heterocycles. The summed E-state index contributed by atoms with van der Waals surface area (Å²) >= 11 is 18.7. The highest BCUT2D eigenvalue weighted by atomic mass is 35.5. The zero-order valence-electron chi connectivity index (χ0n) is 17.1. The van der Waals surface area contributed by atoms with Crippen LogP contribution >= 0.6 is 34.8 Å². The predicted octanol–water partition coefficient (Wildman–Crippen LogP) is 6.41. The molecule has 3 aromatic carbocycles. The molecule has 0 unspecified atom stereocenters. The van der Waals surface area contributed by atoms with Crippen LogP contribution in [0.2, 0.25) is 15.1 Å². The van der Waals surface area contributed by atoms with Gasteiger partial charge in [0, 0.05) is 27.8 Å². The highest BCUT2D eigenvalue weighted by Gasteiger charge is 2.14. The summed E-state index contributed by atoms with van der Waals surface area (Å²) in [5.74, 6) is 1.00. The second-order valence-electron chi connectivity index (χ2n) is 7.06. The molecule has 1 aromatic heterocycles. The number of halogens is 3. The molecule has 0 fully saturated rings. The van der Waals surface area contributed by atoms with Gasteiger partial charge in [0.2, 0.25) is 0 Å². The third-order valence-corrected chi connectivity index (χ3v) is 5.64. The van der Waals surface area contributed by atoms with Gasteiger partial charge >= 0.3 is 5.69 Å². The molecule has 0 radical (unpaired) electrons. The quantitative estimate of drug-likeness (QED) is 0.266. The lowest BCUT2D eigenvalue weighted by Crippen LogP contribution is -2.04. The lowest BCUT2D eigenvalue weighted by atomic mass is 10.2. The number of ether oxygens (including phenoxy) is 2.